The summed E-state index contributed by atoms with van der Waals surface area (Å²) in [6.07, 6.45) is 2.79. The van der Waals surface area contributed by atoms with E-state index in [0.717, 1.165) is 4.57 Å². The Kier molecular flexibility index (Phi) is 4.40. The van der Waals surface area contributed by atoms with Crippen LogP contribution in [-0.4, -0.2) is 32.0 Å². The highest BCUT2D eigenvalue weighted by atomic mass is 31.2. The maximum atomic E-state index is 11.7. The molecule has 1 aromatic rings. The van der Waals surface area contributed by atoms with E-state index in [1.165, 1.54) is 24.4 Å². The van der Waals surface area contributed by atoms with E-state index in [4.69, 9.17) is 19.3 Å². The first kappa shape index (κ1) is 15.6. The van der Waals surface area contributed by atoms with Crippen molar-refractivity contribution in [1.82, 2.24) is 9.55 Å². The van der Waals surface area contributed by atoms with E-state index < -0.39 is 37.7 Å². The Morgan fingerprint density at radius 2 is 2.19 bits per heavy atom. The van der Waals surface area contributed by atoms with Gasteiger partial charge in [-0.15, -0.1) is 0 Å². The number of hydrogen-bond acceptors (Lipinski definition) is 5. The number of H-pyrrole nitrogens is 1. The summed E-state index contributed by atoms with van der Waals surface area (Å²) >= 11 is 0. The Hall–Kier alpha value is -1.77. The third kappa shape index (κ3) is 3.87. The molecule has 1 aromatic heterocycles. The maximum absolute atomic E-state index is 11.7. The Balaban J connectivity index is 2.14. The van der Waals surface area contributed by atoms with Gasteiger partial charge in [0.25, 0.3) is 5.56 Å². The van der Waals surface area contributed by atoms with Gasteiger partial charge >= 0.3 is 13.3 Å². The van der Waals surface area contributed by atoms with Gasteiger partial charge in [0.05, 0.1) is 5.56 Å². The molecule has 2 rings (SSSR count). The summed E-state index contributed by atoms with van der Waals surface area (Å²) in [6, 6.07) is 0. The Labute approximate surface area is 118 Å². The number of nitrogens with zero attached hydrogens (tertiary/aromatic N) is 1. The van der Waals surface area contributed by atoms with Crippen LogP contribution in [-0.2, 0) is 14.0 Å². The predicted octanol–water partition coefficient (Wildman–Crippen LogP) is -0.257. The van der Waals surface area contributed by atoms with Crippen LogP contribution in [0.3, 0.4) is 0 Å². The van der Waals surface area contributed by atoms with Gasteiger partial charge in [0.2, 0.25) is 0 Å². The zero-order valence-electron chi connectivity index (χ0n) is 10.7. The Morgan fingerprint density at radius 1 is 1.48 bits per heavy atom. The molecule has 0 amide bonds. The van der Waals surface area contributed by atoms with Crippen molar-refractivity contribution >= 4 is 13.7 Å². The van der Waals surface area contributed by atoms with E-state index in [0.29, 0.717) is 0 Å². The Morgan fingerprint density at radius 3 is 2.81 bits per heavy atom. The molecule has 2 unspecified atom stereocenters. The average Bonchev–Trinajstić information content (AvgIpc) is 2.84. The minimum Gasteiger partial charge on any atom is -0.336 e. The van der Waals surface area contributed by atoms with E-state index in [1.54, 1.807) is 0 Å². The van der Waals surface area contributed by atoms with E-state index in [9.17, 15) is 14.2 Å². The first-order valence-electron chi connectivity index (χ1n) is 5.78. The lowest BCUT2D eigenvalue weighted by atomic mass is 10.3. The highest BCUT2D eigenvalue weighted by Gasteiger charge is 2.25. The summed E-state index contributed by atoms with van der Waals surface area (Å²) in [5.41, 5.74) is -1.07. The van der Waals surface area contributed by atoms with Crippen molar-refractivity contribution in [3.05, 3.63) is 51.3 Å². The molecule has 0 bridgehead atoms. The normalized spacial score (nSPS) is 21.6. The largest absolute Gasteiger partial charge is 0.351 e. The number of hydrogen-bond donors (Lipinski definition) is 3. The minimum atomic E-state index is -4.30. The van der Waals surface area contributed by atoms with Crippen molar-refractivity contribution in [1.29, 1.82) is 0 Å². The quantitative estimate of drug-likeness (QED) is 0.504. The smallest absolute Gasteiger partial charge is 0.336 e. The van der Waals surface area contributed by atoms with Crippen molar-refractivity contribution in [3.8, 4) is 0 Å². The lowest BCUT2D eigenvalue weighted by molar-refractivity contribution is -0.127. The average molecular weight is 316 g/mol. The van der Waals surface area contributed by atoms with Crippen LogP contribution in [0, 0.1) is 0 Å². The Bertz CT molecular complexity index is 729. The molecule has 0 saturated heterocycles. The fraction of sp³-hybridized carbons (Fsp3) is 0.273. The summed E-state index contributed by atoms with van der Waals surface area (Å²) < 4.78 is 22.0. The topological polar surface area (TPSA) is 131 Å². The van der Waals surface area contributed by atoms with E-state index in [-0.39, 0.29) is 5.56 Å². The molecule has 9 nitrogen and oxygen atoms in total. The van der Waals surface area contributed by atoms with Crippen LogP contribution in [0.4, 0.5) is 0 Å². The molecular weight excluding hydrogens is 303 g/mol. The van der Waals surface area contributed by atoms with Gasteiger partial charge in [0.1, 0.15) is 0 Å². The van der Waals surface area contributed by atoms with Crippen LogP contribution in [0.5, 0.6) is 0 Å². The summed E-state index contributed by atoms with van der Waals surface area (Å²) in [7, 11) is -4.30. The number of nitrogens with one attached hydrogen (secondary N) is 1. The third-order valence-corrected chi connectivity index (χ3v) is 3.09. The number of ether oxygens (including phenoxy) is 2. The molecule has 1 aliphatic rings. The maximum Gasteiger partial charge on any atom is 0.351 e. The van der Waals surface area contributed by atoms with E-state index in [1.807, 2.05) is 0 Å². The van der Waals surface area contributed by atoms with Gasteiger partial charge < -0.3 is 19.3 Å². The molecule has 0 saturated carbocycles. The van der Waals surface area contributed by atoms with E-state index >= 15 is 0 Å². The first-order chi connectivity index (χ1) is 9.80. The van der Waals surface area contributed by atoms with Gasteiger partial charge in [0.15, 0.2) is 18.9 Å². The molecule has 0 aliphatic carbocycles. The van der Waals surface area contributed by atoms with Crippen molar-refractivity contribution in [2.75, 3.05) is 6.35 Å². The van der Waals surface area contributed by atoms with Crippen molar-refractivity contribution in [3.63, 3.8) is 0 Å². The van der Waals surface area contributed by atoms with Crippen LogP contribution >= 0.6 is 7.60 Å². The first-order valence-corrected chi connectivity index (χ1v) is 7.58. The number of aromatic nitrogens is 2. The van der Waals surface area contributed by atoms with E-state index in [2.05, 4.69) is 11.6 Å². The number of rotatable bonds is 5. The second kappa shape index (κ2) is 5.92. The zero-order valence-corrected chi connectivity index (χ0v) is 11.6. The third-order valence-electron chi connectivity index (χ3n) is 2.60. The predicted molar refractivity (Wildman–Crippen MR) is 72.5 cm³/mol. The summed E-state index contributed by atoms with van der Waals surface area (Å²) in [5, 5.41) is 0. The highest BCUT2D eigenvalue weighted by Crippen LogP contribution is 2.35. The summed E-state index contributed by atoms with van der Waals surface area (Å²) in [5.74, 6) is 0. The van der Waals surface area contributed by atoms with Crippen LogP contribution in [0.15, 0.2) is 34.5 Å². The van der Waals surface area contributed by atoms with Gasteiger partial charge in [-0.3, -0.25) is 18.9 Å². The molecule has 3 N–H and O–H groups in total. The fourth-order valence-corrected chi connectivity index (χ4v) is 2.01. The molecule has 1 aliphatic heterocycles. The molecule has 114 valence electrons. The molecule has 2 heterocycles. The minimum absolute atomic E-state index is 0.186. The second-order valence-electron chi connectivity index (χ2n) is 4.20. The molecule has 0 radical (unpaired) electrons. The molecule has 2 atom stereocenters. The van der Waals surface area contributed by atoms with Gasteiger partial charge in [-0.1, -0.05) is 12.7 Å². The van der Waals surface area contributed by atoms with Gasteiger partial charge in [-0.2, -0.15) is 0 Å². The molecule has 0 fully saturated rings. The lowest BCUT2D eigenvalue weighted by Crippen LogP contribution is -2.33. The lowest BCUT2D eigenvalue weighted by Gasteiger charge is -2.16. The van der Waals surface area contributed by atoms with Crippen LogP contribution < -0.4 is 11.2 Å². The molecule has 21 heavy (non-hydrogen) atoms. The second-order valence-corrected chi connectivity index (χ2v) is 5.78. The molecule has 0 spiro atoms. The standard InChI is InChI=1S/C11H13N2O7P/c1-2-7-5-13(11(15)12-10(7)14)8-3-4-9(20-8)19-6-21(16,17)18/h2-5,8-9H,1,6H2,(H,12,14,15)(H2,16,17,18). The van der Waals surface area contributed by atoms with Gasteiger partial charge in [0, 0.05) is 6.20 Å². The molecule has 0 aromatic carbocycles. The van der Waals surface area contributed by atoms with Crippen molar-refractivity contribution in [2.24, 2.45) is 0 Å². The molecular formula is C11H13N2O7P. The number of aromatic amines is 1. The SMILES string of the molecule is C=Cc1cn(C2C=CC(OCP(=O)(O)O)O2)c(=O)[nH]c1=O. The summed E-state index contributed by atoms with van der Waals surface area (Å²) in [4.78, 5) is 42.6. The highest BCUT2D eigenvalue weighted by molar-refractivity contribution is 7.51. The van der Waals surface area contributed by atoms with Gasteiger partial charge in [-0.25, -0.2) is 4.79 Å². The van der Waals surface area contributed by atoms with Crippen LogP contribution in [0.1, 0.15) is 11.8 Å². The fourth-order valence-electron chi connectivity index (χ4n) is 1.67. The van der Waals surface area contributed by atoms with Crippen molar-refractivity contribution < 1.29 is 23.8 Å². The van der Waals surface area contributed by atoms with Crippen molar-refractivity contribution in [2.45, 2.75) is 12.5 Å². The monoisotopic (exact) mass is 316 g/mol. The zero-order chi connectivity index (χ0) is 15.6. The van der Waals surface area contributed by atoms with Crippen LogP contribution in [0.2, 0.25) is 0 Å². The van der Waals surface area contributed by atoms with Crippen LogP contribution in [0.25, 0.3) is 6.08 Å². The molecule has 10 heteroatoms. The summed E-state index contributed by atoms with van der Waals surface area (Å²) in [6.45, 7) is 3.46. The van der Waals surface area contributed by atoms with Gasteiger partial charge in [-0.05, 0) is 12.2 Å².